The monoisotopic (exact) mass is 512 g/mol. The van der Waals surface area contributed by atoms with E-state index in [1.807, 2.05) is 18.7 Å². The van der Waals surface area contributed by atoms with Crippen LogP contribution in [0.4, 0.5) is 0 Å². The van der Waals surface area contributed by atoms with Crippen LogP contribution in [0.2, 0.25) is 0 Å². The van der Waals surface area contributed by atoms with Crippen molar-refractivity contribution in [1.82, 2.24) is 19.6 Å². The molecule has 0 bridgehead atoms. The number of amides is 2. The fraction of sp³-hybridized carbons (Fsp3) is 0.577. The van der Waals surface area contributed by atoms with Gasteiger partial charge >= 0.3 is 0 Å². The molecule has 1 aromatic heterocycles. The Balaban J connectivity index is 1.16. The van der Waals surface area contributed by atoms with Gasteiger partial charge in [-0.3, -0.25) is 14.3 Å². The molecule has 2 amide bonds. The van der Waals surface area contributed by atoms with Crippen LogP contribution in [-0.2, 0) is 24.2 Å². The smallest absolute Gasteiger partial charge is 0.273 e. The van der Waals surface area contributed by atoms with Crippen LogP contribution in [0.3, 0.4) is 0 Å². The number of piperidine rings is 1. The van der Waals surface area contributed by atoms with Crippen LogP contribution in [-0.4, -0.2) is 57.6 Å². The molecule has 0 atom stereocenters. The summed E-state index contributed by atoms with van der Waals surface area (Å²) in [6, 6.07) is 8.59. The van der Waals surface area contributed by atoms with Gasteiger partial charge in [-0.1, -0.05) is 24.3 Å². The number of hydrogen-bond acceptors (Lipinski definition) is 3. The van der Waals surface area contributed by atoms with Crippen molar-refractivity contribution in [3.63, 3.8) is 0 Å². The Morgan fingerprint density at radius 3 is 2.27 bits per heavy atom. The molecule has 3 heterocycles. The zero-order valence-electron chi connectivity index (χ0n) is 19.6. The standard InChI is InChI=1S/C26H33BrN4O2/c1-3-31-24(23(27)18(2)28-31)25(33)30-13-10-26(17-30)8-11-29(12-9-26)22(32)16-19-14-20-6-4-5-7-21(20)15-19/h4-7,19H,3,8-17H2,1-2H3. The van der Waals surface area contributed by atoms with Crippen LogP contribution in [0.15, 0.2) is 28.7 Å². The highest BCUT2D eigenvalue weighted by Gasteiger charge is 2.44. The second kappa shape index (κ2) is 8.90. The van der Waals surface area contributed by atoms with Gasteiger partial charge in [-0.25, -0.2) is 0 Å². The molecule has 6 nitrogen and oxygen atoms in total. The maximum Gasteiger partial charge on any atom is 0.273 e. The predicted octanol–water partition coefficient (Wildman–Crippen LogP) is 4.23. The Morgan fingerprint density at radius 1 is 1.06 bits per heavy atom. The van der Waals surface area contributed by atoms with E-state index in [1.165, 1.54) is 11.1 Å². The molecule has 2 fully saturated rings. The molecule has 33 heavy (non-hydrogen) atoms. The summed E-state index contributed by atoms with van der Waals surface area (Å²) in [6.45, 7) is 7.81. The topological polar surface area (TPSA) is 58.4 Å². The Hall–Kier alpha value is -2.15. The van der Waals surface area contributed by atoms with E-state index in [2.05, 4.69) is 50.2 Å². The Bertz CT molecular complexity index is 1050. The summed E-state index contributed by atoms with van der Waals surface area (Å²) in [7, 11) is 0. The maximum atomic E-state index is 13.3. The number of aryl methyl sites for hydroxylation is 2. The van der Waals surface area contributed by atoms with Gasteiger partial charge in [0.2, 0.25) is 5.91 Å². The Morgan fingerprint density at radius 2 is 1.67 bits per heavy atom. The molecule has 0 N–H and O–H groups in total. The van der Waals surface area contributed by atoms with Crippen molar-refractivity contribution < 1.29 is 9.59 Å². The summed E-state index contributed by atoms with van der Waals surface area (Å²) in [6.07, 6.45) is 5.71. The molecule has 0 saturated carbocycles. The van der Waals surface area contributed by atoms with E-state index in [9.17, 15) is 9.59 Å². The van der Waals surface area contributed by atoms with Crippen LogP contribution < -0.4 is 0 Å². The molecule has 2 aromatic rings. The zero-order chi connectivity index (χ0) is 23.2. The molecular weight excluding hydrogens is 480 g/mol. The van der Waals surface area contributed by atoms with Gasteiger partial charge in [0.1, 0.15) is 5.69 Å². The van der Waals surface area contributed by atoms with E-state index < -0.39 is 0 Å². The SMILES string of the molecule is CCn1nc(C)c(Br)c1C(=O)N1CCC2(CCN(C(=O)CC3Cc4ccccc4C3)CC2)C1. The van der Waals surface area contributed by atoms with Gasteiger partial charge in [0, 0.05) is 39.1 Å². The summed E-state index contributed by atoms with van der Waals surface area (Å²) >= 11 is 3.57. The van der Waals surface area contributed by atoms with Crippen molar-refractivity contribution in [1.29, 1.82) is 0 Å². The van der Waals surface area contributed by atoms with Gasteiger partial charge in [-0.15, -0.1) is 0 Å². The fourth-order valence-corrected chi connectivity index (χ4v) is 6.51. The number of halogens is 1. The van der Waals surface area contributed by atoms with Crippen molar-refractivity contribution in [3.8, 4) is 0 Å². The lowest BCUT2D eigenvalue weighted by molar-refractivity contribution is -0.134. The molecule has 1 aliphatic carbocycles. The van der Waals surface area contributed by atoms with E-state index in [0.29, 0.717) is 30.5 Å². The van der Waals surface area contributed by atoms with E-state index >= 15 is 0 Å². The van der Waals surface area contributed by atoms with Gasteiger partial charge in [-0.2, -0.15) is 5.10 Å². The molecule has 7 heteroatoms. The summed E-state index contributed by atoms with van der Waals surface area (Å²) in [4.78, 5) is 30.4. The normalized spacial score (nSPS) is 20.0. The highest BCUT2D eigenvalue weighted by atomic mass is 79.9. The van der Waals surface area contributed by atoms with Crippen LogP contribution in [0.25, 0.3) is 0 Å². The highest BCUT2D eigenvalue weighted by molar-refractivity contribution is 9.10. The first-order valence-corrected chi connectivity index (χ1v) is 13.0. The number of hydrogen-bond donors (Lipinski definition) is 0. The molecule has 176 valence electrons. The zero-order valence-corrected chi connectivity index (χ0v) is 21.2. The van der Waals surface area contributed by atoms with Crippen LogP contribution in [0.5, 0.6) is 0 Å². The summed E-state index contributed by atoms with van der Waals surface area (Å²) < 4.78 is 2.61. The van der Waals surface area contributed by atoms with Crippen molar-refractivity contribution >= 4 is 27.7 Å². The van der Waals surface area contributed by atoms with Gasteiger partial charge in [0.05, 0.1) is 10.2 Å². The largest absolute Gasteiger partial charge is 0.343 e. The lowest BCUT2D eigenvalue weighted by Crippen LogP contribution is -2.45. The van der Waals surface area contributed by atoms with Gasteiger partial charge in [0.25, 0.3) is 5.91 Å². The molecule has 0 unspecified atom stereocenters. The summed E-state index contributed by atoms with van der Waals surface area (Å²) in [5, 5.41) is 4.49. The molecule has 3 aliphatic rings. The molecule has 2 aliphatic heterocycles. The second-order valence-electron chi connectivity index (χ2n) is 10.2. The van der Waals surface area contributed by atoms with Crippen LogP contribution in [0, 0.1) is 18.3 Å². The predicted molar refractivity (Wildman–Crippen MR) is 131 cm³/mol. The van der Waals surface area contributed by atoms with Gasteiger partial charge < -0.3 is 9.80 Å². The van der Waals surface area contributed by atoms with Gasteiger partial charge in [0.15, 0.2) is 0 Å². The third-order valence-electron chi connectivity index (χ3n) is 8.06. The minimum Gasteiger partial charge on any atom is -0.343 e. The first kappa shape index (κ1) is 22.6. The number of likely N-dealkylation sites (tertiary alicyclic amines) is 2. The molecular formula is C26H33BrN4O2. The van der Waals surface area contributed by atoms with Crippen molar-refractivity contribution in [3.05, 3.63) is 51.3 Å². The second-order valence-corrected chi connectivity index (χ2v) is 11.0. The number of carbonyl (C=O) groups is 2. The average molecular weight is 513 g/mol. The molecule has 2 saturated heterocycles. The lowest BCUT2D eigenvalue weighted by atomic mass is 9.77. The molecule has 1 spiro atoms. The maximum absolute atomic E-state index is 13.3. The molecule has 5 rings (SSSR count). The third-order valence-corrected chi connectivity index (χ3v) is 9.01. The highest BCUT2D eigenvalue weighted by Crippen LogP contribution is 2.41. The first-order valence-electron chi connectivity index (χ1n) is 12.3. The van der Waals surface area contributed by atoms with E-state index in [0.717, 1.165) is 68.4 Å². The van der Waals surface area contributed by atoms with E-state index in [1.54, 1.807) is 4.68 Å². The lowest BCUT2D eigenvalue weighted by Gasteiger charge is -2.39. The number of aromatic nitrogens is 2. The summed E-state index contributed by atoms with van der Waals surface area (Å²) in [5.74, 6) is 0.816. The van der Waals surface area contributed by atoms with Crippen molar-refractivity contribution in [2.45, 2.75) is 58.9 Å². The van der Waals surface area contributed by atoms with Crippen LogP contribution in [0.1, 0.15) is 59.9 Å². The third kappa shape index (κ3) is 4.25. The van der Waals surface area contributed by atoms with Crippen molar-refractivity contribution in [2.24, 2.45) is 11.3 Å². The van der Waals surface area contributed by atoms with Crippen LogP contribution >= 0.6 is 15.9 Å². The fourth-order valence-electron chi connectivity index (χ4n) is 6.06. The number of rotatable bonds is 4. The number of nitrogens with zero attached hydrogens (tertiary/aromatic N) is 4. The van der Waals surface area contributed by atoms with E-state index in [4.69, 9.17) is 0 Å². The number of benzene rings is 1. The molecule has 0 radical (unpaired) electrons. The first-order chi connectivity index (χ1) is 15.9. The van der Waals surface area contributed by atoms with E-state index in [-0.39, 0.29) is 11.3 Å². The molecule has 1 aromatic carbocycles. The minimum atomic E-state index is 0.0699. The summed E-state index contributed by atoms with van der Waals surface area (Å²) in [5.41, 5.74) is 4.49. The number of fused-ring (bicyclic) bond motifs is 1. The Kier molecular flexibility index (Phi) is 6.10. The minimum absolute atomic E-state index is 0.0699. The quantitative estimate of drug-likeness (QED) is 0.615. The average Bonchev–Trinajstić information content (AvgIpc) is 3.49. The number of carbonyl (C=O) groups excluding carboxylic acids is 2. The van der Waals surface area contributed by atoms with Gasteiger partial charge in [-0.05, 0) is 84.3 Å². The Labute approximate surface area is 204 Å². The van der Waals surface area contributed by atoms with Crippen molar-refractivity contribution in [2.75, 3.05) is 26.2 Å².